The molecule has 1 aromatic rings. The van der Waals surface area contributed by atoms with Crippen LogP contribution in [-0.2, 0) is 6.42 Å². The topological polar surface area (TPSA) is 15.3 Å². The molecule has 98 valence electrons. The van der Waals surface area contributed by atoms with E-state index in [0.29, 0.717) is 6.04 Å². The Labute approximate surface area is 110 Å². The van der Waals surface area contributed by atoms with Crippen molar-refractivity contribution in [3.8, 4) is 0 Å². The highest BCUT2D eigenvalue weighted by atomic mass is 15.2. The number of benzene rings is 1. The highest BCUT2D eigenvalue weighted by Gasteiger charge is 2.25. The first-order valence-corrected chi connectivity index (χ1v) is 7.43. The predicted molar refractivity (Wildman–Crippen MR) is 77.2 cm³/mol. The maximum absolute atomic E-state index is 3.70. The molecule has 0 amide bonds. The number of hydrogen-bond donors (Lipinski definition) is 1. The third kappa shape index (κ3) is 2.39. The molecule has 0 aromatic heterocycles. The second-order valence-electron chi connectivity index (χ2n) is 5.77. The lowest BCUT2D eigenvalue weighted by atomic mass is 9.90. The fourth-order valence-electron chi connectivity index (χ4n) is 3.47. The molecule has 1 saturated heterocycles. The number of rotatable bonds is 3. The normalized spacial score (nSPS) is 27.3. The van der Waals surface area contributed by atoms with Gasteiger partial charge in [-0.1, -0.05) is 31.5 Å². The van der Waals surface area contributed by atoms with E-state index >= 15 is 0 Å². The summed E-state index contributed by atoms with van der Waals surface area (Å²) in [6.07, 6.45) is 5.29. The van der Waals surface area contributed by atoms with Crippen molar-refractivity contribution in [3.05, 3.63) is 29.8 Å². The van der Waals surface area contributed by atoms with Crippen LogP contribution in [0.25, 0.3) is 0 Å². The van der Waals surface area contributed by atoms with E-state index in [9.17, 15) is 0 Å². The molecular formula is C16H24N2. The van der Waals surface area contributed by atoms with Crippen LogP contribution in [0.15, 0.2) is 24.3 Å². The van der Waals surface area contributed by atoms with Crippen molar-refractivity contribution in [3.63, 3.8) is 0 Å². The average molecular weight is 244 g/mol. The molecule has 2 heteroatoms. The molecule has 2 atom stereocenters. The van der Waals surface area contributed by atoms with Crippen LogP contribution in [0.3, 0.4) is 0 Å². The summed E-state index contributed by atoms with van der Waals surface area (Å²) in [4.78, 5) is 2.57. The zero-order chi connectivity index (χ0) is 12.4. The second kappa shape index (κ2) is 5.31. The molecule has 0 radical (unpaired) electrons. The zero-order valence-corrected chi connectivity index (χ0v) is 11.4. The fraction of sp³-hybridized carbons (Fsp3) is 0.625. The Morgan fingerprint density at radius 2 is 2.22 bits per heavy atom. The average Bonchev–Trinajstić information content (AvgIpc) is 2.83. The van der Waals surface area contributed by atoms with E-state index in [1.165, 1.54) is 56.6 Å². The van der Waals surface area contributed by atoms with Crippen molar-refractivity contribution in [1.29, 1.82) is 0 Å². The molecule has 3 rings (SSSR count). The van der Waals surface area contributed by atoms with Crippen LogP contribution in [0.2, 0.25) is 0 Å². The van der Waals surface area contributed by atoms with Gasteiger partial charge in [0.25, 0.3) is 0 Å². The monoisotopic (exact) mass is 244 g/mol. The van der Waals surface area contributed by atoms with Gasteiger partial charge in [-0.3, -0.25) is 0 Å². The number of anilines is 1. The first kappa shape index (κ1) is 12.0. The summed E-state index contributed by atoms with van der Waals surface area (Å²) in [5.41, 5.74) is 3.00. The molecule has 1 aromatic carbocycles. The van der Waals surface area contributed by atoms with Crippen molar-refractivity contribution in [2.45, 2.75) is 38.6 Å². The maximum Gasteiger partial charge on any atom is 0.0400 e. The van der Waals surface area contributed by atoms with Gasteiger partial charge in [-0.25, -0.2) is 0 Å². The van der Waals surface area contributed by atoms with Crippen molar-refractivity contribution in [1.82, 2.24) is 5.32 Å². The number of hydrogen-bond acceptors (Lipinski definition) is 2. The Hall–Kier alpha value is -1.02. The smallest absolute Gasteiger partial charge is 0.0400 e. The fourth-order valence-corrected chi connectivity index (χ4v) is 3.47. The molecule has 2 unspecified atom stereocenters. The molecule has 0 aliphatic carbocycles. The number of para-hydroxylation sites is 1. The minimum Gasteiger partial charge on any atom is -0.369 e. The van der Waals surface area contributed by atoms with Gasteiger partial charge in [-0.05, 0) is 43.4 Å². The summed E-state index contributed by atoms with van der Waals surface area (Å²) >= 11 is 0. The minimum absolute atomic E-state index is 0.690. The minimum atomic E-state index is 0.690. The maximum atomic E-state index is 3.70. The van der Waals surface area contributed by atoms with E-state index in [-0.39, 0.29) is 0 Å². The van der Waals surface area contributed by atoms with Crippen molar-refractivity contribution < 1.29 is 0 Å². The lowest BCUT2D eigenvalue weighted by Crippen LogP contribution is -2.45. The molecule has 2 heterocycles. The van der Waals surface area contributed by atoms with E-state index in [1.807, 2.05) is 0 Å². The van der Waals surface area contributed by atoms with Gasteiger partial charge in [-0.2, -0.15) is 0 Å². The SMILES string of the molecule is CCC1CCNC(CN2CCc3ccccc32)C1. The molecule has 2 aliphatic rings. The third-order valence-corrected chi connectivity index (χ3v) is 4.60. The van der Waals surface area contributed by atoms with Gasteiger partial charge in [0.2, 0.25) is 0 Å². The molecule has 1 fully saturated rings. The van der Waals surface area contributed by atoms with Crippen molar-refractivity contribution in [2.75, 3.05) is 24.5 Å². The van der Waals surface area contributed by atoms with Gasteiger partial charge in [0.05, 0.1) is 0 Å². The molecule has 0 saturated carbocycles. The highest BCUT2D eigenvalue weighted by Crippen LogP contribution is 2.29. The second-order valence-corrected chi connectivity index (χ2v) is 5.77. The van der Waals surface area contributed by atoms with Gasteiger partial charge in [0, 0.05) is 24.8 Å². The lowest BCUT2D eigenvalue weighted by molar-refractivity contribution is 0.296. The summed E-state index contributed by atoms with van der Waals surface area (Å²) in [5.74, 6) is 0.939. The molecule has 0 spiro atoms. The van der Waals surface area contributed by atoms with Crippen LogP contribution >= 0.6 is 0 Å². The molecule has 0 bridgehead atoms. The van der Waals surface area contributed by atoms with Crippen LogP contribution in [0.4, 0.5) is 5.69 Å². The van der Waals surface area contributed by atoms with E-state index in [2.05, 4.69) is 41.4 Å². The Morgan fingerprint density at radius 3 is 3.11 bits per heavy atom. The van der Waals surface area contributed by atoms with E-state index in [4.69, 9.17) is 0 Å². The van der Waals surface area contributed by atoms with Gasteiger partial charge < -0.3 is 10.2 Å². The summed E-state index contributed by atoms with van der Waals surface area (Å²) in [5, 5.41) is 3.70. The van der Waals surface area contributed by atoms with Gasteiger partial charge in [0.1, 0.15) is 0 Å². The molecular weight excluding hydrogens is 220 g/mol. The van der Waals surface area contributed by atoms with Crippen LogP contribution < -0.4 is 10.2 Å². The van der Waals surface area contributed by atoms with Crippen LogP contribution in [0.5, 0.6) is 0 Å². The first-order chi connectivity index (χ1) is 8.86. The number of nitrogens with one attached hydrogen (secondary N) is 1. The third-order valence-electron chi connectivity index (χ3n) is 4.60. The quantitative estimate of drug-likeness (QED) is 0.879. The molecule has 1 N–H and O–H groups in total. The Kier molecular flexibility index (Phi) is 3.55. The summed E-state index contributed by atoms with van der Waals surface area (Å²) < 4.78 is 0. The Bertz CT molecular complexity index is 402. The molecule has 2 aliphatic heterocycles. The van der Waals surface area contributed by atoms with Gasteiger partial charge in [0.15, 0.2) is 0 Å². The van der Waals surface area contributed by atoms with Gasteiger partial charge in [-0.15, -0.1) is 0 Å². The molecule has 2 nitrogen and oxygen atoms in total. The van der Waals surface area contributed by atoms with Crippen LogP contribution in [0.1, 0.15) is 31.7 Å². The van der Waals surface area contributed by atoms with E-state index < -0.39 is 0 Å². The lowest BCUT2D eigenvalue weighted by Gasteiger charge is -2.33. The summed E-state index contributed by atoms with van der Waals surface area (Å²) in [6.45, 7) is 5.93. The number of nitrogens with zero attached hydrogens (tertiary/aromatic N) is 1. The number of fused-ring (bicyclic) bond motifs is 1. The Morgan fingerprint density at radius 1 is 1.33 bits per heavy atom. The predicted octanol–water partition coefficient (Wildman–Crippen LogP) is 2.83. The standard InChI is InChI=1S/C16H24N2/c1-2-13-7-9-17-15(11-13)12-18-10-8-14-5-3-4-6-16(14)18/h3-6,13,15,17H,2,7-12H2,1H3. The van der Waals surface area contributed by atoms with E-state index in [0.717, 1.165) is 5.92 Å². The van der Waals surface area contributed by atoms with Crippen LogP contribution in [0, 0.1) is 5.92 Å². The van der Waals surface area contributed by atoms with Gasteiger partial charge >= 0.3 is 0 Å². The zero-order valence-electron chi connectivity index (χ0n) is 11.4. The van der Waals surface area contributed by atoms with E-state index in [1.54, 1.807) is 0 Å². The highest BCUT2D eigenvalue weighted by molar-refractivity contribution is 5.57. The van der Waals surface area contributed by atoms with Crippen LogP contribution in [-0.4, -0.2) is 25.7 Å². The molecule has 18 heavy (non-hydrogen) atoms. The van der Waals surface area contributed by atoms with Crippen molar-refractivity contribution in [2.24, 2.45) is 5.92 Å². The number of piperidine rings is 1. The largest absolute Gasteiger partial charge is 0.369 e. The summed E-state index contributed by atoms with van der Waals surface area (Å²) in [6, 6.07) is 9.57. The van der Waals surface area contributed by atoms with Crippen molar-refractivity contribution >= 4 is 5.69 Å². The summed E-state index contributed by atoms with van der Waals surface area (Å²) in [7, 11) is 0. The Balaban J connectivity index is 1.64. The first-order valence-electron chi connectivity index (χ1n) is 7.43.